The van der Waals surface area contributed by atoms with Gasteiger partial charge in [0.15, 0.2) is 5.96 Å². The third-order valence-electron chi connectivity index (χ3n) is 4.38. The summed E-state index contributed by atoms with van der Waals surface area (Å²) in [4.78, 5) is 18.8. The third-order valence-corrected chi connectivity index (χ3v) is 4.38. The normalized spacial score (nSPS) is 19.1. The fraction of sp³-hybridized carbons (Fsp3) is 0.875. The van der Waals surface area contributed by atoms with Gasteiger partial charge < -0.3 is 15.5 Å². The van der Waals surface area contributed by atoms with Crippen LogP contribution in [-0.2, 0) is 4.79 Å². The number of hydrogen-bond acceptors (Lipinski definition) is 2. The predicted molar refractivity (Wildman–Crippen MR) is 102 cm³/mol. The number of rotatable bonds is 6. The van der Waals surface area contributed by atoms with Gasteiger partial charge in [-0.3, -0.25) is 9.79 Å². The summed E-state index contributed by atoms with van der Waals surface area (Å²) in [5.74, 6) is 1.82. The summed E-state index contributed by atoms with van der Waals surface area (Å²) in [6, 6.07) is 0. The van der Waals surface area contributed by atoms with E-state index in [1.54, 1.807) is 0 Å². The van der Waals surface area contributed by atoms with Gasteiger partial charge in [-0.05, 0) is 38.5 Å². The Labute approximate surface area is 151 Å². The number of carbonyl (C=O) groups excluding carboxylic acids is 1. The first-order chi connectivity index (χ1) is 10.3. The van der Waals surface area contributed by atoms with Crippen molar-refractivity contribution < 1.29 is 4.79 Å². The summed E-state index contributed by atoms with van der Waals surface area (Å²) >= 11 is 0. The molecule has 2 rings (SSSR count). The highest BCUT2D eigenvalue weighted by atomic mass is 127. The quantitative estimate of drug-likeness (QED) is 0.299. The fourth-order valence-corrected chi connectivity index (χ4v) is 3.26. The maximum atomic E-state index is 11.8. The van der Waals surface area contributed by atoms with Crippen molar-refractivity contribution in [3.05, 3.63) is 0 Å². The van der Waals surface area contributed by atoms with E-state index >= 15 is 0 Å². The topological polar surface area (TPSA) is 56.7 Å². The Morgan fingerprint density at radius 1 is 1.14 bits per heavy atom. The molecule has 1 aliphatic heterocycles. The molecule has 128 valence electrons. The van der Waals surface area contributed by atoms with Crippen molar-refractivity contribution in [2.24, 2.45) is 10.9 Å². The monoisotopic (exact) mass is 422 g/mol. The minimum Gasteiger partial charge on any atom is -0.357 e. The molecule has 0 aromatic carbocycles. The van der Waals surface area contributed by atoms with Gasteiger partial charge in [0.1, 0.15) is 0 Å². The number of amides is 1. The number of carbonyl (C=O) groups is 1. The molecule has 0 aromatic rings. The van der Waals surface area contributed by atoms with Crippen molar-refractivity contribution in [1.29, 1.82) is 0 Å². The molecule has 1 heterocycles. The van der Waals surface area contributed by atoms with Crippen molar-refractivity contribution in [2.75, 3.05) is 32.7 Å². The zero-order valence-corrected chi connectivity index (χ0v) is 16.1. The minimum atomic E-state index is 0. The summed E-state index contributed by atoms with van der Waals surface area (Å²) in [6.07, 6.45) is 8.26. The molecule has 5 nitrogen and oxygen atoms in total. The fourth-order valence-electron chi connectivity index (χ4n) is 3.26. The molecule has 0 radical (unpaired) electrons. The summed E-state index contributed by atoms with van der Waals surface area (Å²) in [6.45, 7) is 6.49. The van der Waals surface area contributed by atoms with Crippen molar-refractivity contribution in [1.82, 2.24) is 15.5 Å². The Kier molecular flexibility index (Phi) is 9.82. The van der Waals surface area contributed by atoms with Crippen LogP contribution in [0.1, 0.15) is 51.9 Å². The standard InChI is InChI=1S/C16H30N4O.HI/c1-2-17-16(20-11-5-6-12-20)19-10-9-18-15(21)13-14-7-3-4-8-14;/h14H,2-13H2,1H3,(H,17,19)(H,18,21);1H. The van der Waals surface area contributed by atoms with Gasteiger partial charge in [0.2, 0.25) is 5.91 Å². The van der Waals surface area contributed by atoms with Crippen LogP contribution in [-0.4, -0.2) is 49.5 Å². The number of hydrogen-bond donors (Lipinski definition) is 2. The Hall–Kier alpha value is -0.530. The molecule has 1 saturated heterocycles. The molecule has 1 aliphatic carbocycles. The molecule has 22 heavy (non-hydrogen) atoms. The van der Waals surface area contributed by atoms with Crippen LogP contribution in [0.2, 0.25) is 0 Å². The lowest BCUT2D eigenvalue weighted by atomic mass is 10.0. The Morgan fingerprint density at radius 2 is 1.82 bits per heavy atom. The number of nitrogens with zero attached hydrogens (tertiary/aromatic N) is 2. The van der Waals surface area contributed by atoms with E-state index in [1.807, 2.05) is 0 Å². The average Bonchev–Trinajstić information content (AvgIpc) is 3.15. The van der Waals surface area contributed by atoms with Crippen molar-refractivity contribution >= 4 is 35.8 Å². The lowest BCUT2D eigenvalue weighted by molar-refractivity contribution is -0.121. The highest BCUT2D eigenvalue weighted by Gasteiger charge is 2.18. The molecular formula is C16H31IN4O. The second kappa shape index (κ2) is 11.1. The minimum absolute atomic E-state index is 0. The van der Waals surface area contributed by atoms with Crippen LogP contribution >= 0.6 is 24.0 Å². The molecular weight excluding hydrogens is 391 g/mol. The summed E-state index contributed by atoms with van der Waals surface area (Å²) < 4.78 is 0. The van der Waals surface area contributed by atoms with E-state index in [0.717, 1.165) is 25.6 Å². The van der Waals surface area contributed by atoms with Crippen LogP contribution in [0.25, 0.3) is 0 Å². The second-order valence-corrected chi connectivity index (χ2v) is 6.13. The molecule has 0 aromatic heterocycles. The summed E-state index contributed by atoms with van der Waals surface area (Å²) in [7, 11) is 0. The second-order valence-electron chi connectivity index (χ2n) is 6.13. The Bertz CT molecular complexity index is 350. The summed E-state index contributed by atoms with van der Waals surface area (Å²) in [5.41, 5.74) is 0. The van der Waals surface area contributed by atoms with Crippen LogP contribution in [0.4, 0.5) is 0 Å². The lowest BCUT2D eigenvalue weighted by Gasteiger charge is -2.20. The zero-order chi connectivity index (χ0) is 14.9. The summed E-state index contributed by atoms with van der Waals surface area (Å²) in [5, 5.41) is 6.34. The van der Waals surface area contributed by atoms with Gasteiger partial charge in [0.05, 0.1) is 6.54 Å². The molecule has 2 N–H and O–H groups in total. The number of guanidine groups is 1. The van der Waals surface area contributed by atoms with E-state index in [2.05, 4.69) is 27.4 Å². The molecule has 1 amide bonds. The molecule has 1 saturated carbocycles. The molecule has 0 atom stereocenters. The number of aliphatic imine (C=N–C) groups is 1. The van der Waals surface area contributed by atoms with Crippen LogP contribution in [0.15, 0.2) is 4.99 Å². The number of likely N-dealkylation sites (tertiary alicyclic amines) is 1. The van der Waals surface area contributed by atoms with Crippen LogP contribution in [0.5, 0.6) is 0 Å². The van der Waals surface area contributed by atoms with Crippen molar-refractivity contribution in [2.45, 2.75) is 51.9 Å². The van der Waals surface area contributed by atoms with E-state index in [9.17, 15) is 4.79 Å². The highest BCUT2D eigenvalue weighted by molar-refractivity contribution is 14.0. The average molecular weight is 422 g/mol. The van der Waals surface area contributed by atoms with Crippen LogP contribution in [0, 0.1) is 5.92 Å². The molecule has 6 heteroatoms. The van der Waals surface area contributed by atoms with Gasteiger partial charge in [-0.1, -0.05) is 12.8 Å². The lowest BCUT2D eigenvalue weighted by Crippen LogP contribution is -2.40. The molecule has 0 unspecified atom stereocenters. The molecule has 2 fully saturated rings. The van der Waals surface area contributed by atoms with E-state index in [-0.39, 0.29) is 29.9 Å². The van der Waals surface area contributed by atoms with E-state index in [0.29, 0.717) is 25.4 Å². The van der Waals surface area contributed by atoms with Crippen molar-refractivity contribution in [3.8, 4) is 0 Å². The van der Waals surface area contributed by atoms with Crippen LogP contribution < -0.4 is 10.6 Å². The first kappa shape index (κ1) is 19.5. The molecule has 2 aliphatic rings. The van der Waals surface area contributed by atoms with E-state index in [1.165, 1.54) is 38.5 Å². The van der Waals surface area contributed by atoms with E-state index < -0.39 is 0 Å². The molecule has 0 spiro atoms. The number of nitrogens with one attached hydrogen (secondary N) is 2. The third kappa shape index (κ3) is 6.71. The Balaban J connectivity index is 0.00000242. The van der Waals surface area contributed by atoms with Crippen LogP contribution in [0.3, 0.4) is 0 Å². The smallest absolute Gasteiger partial charge is 0.220 e. The van der Waals surface area contributed by atoms with Crippen molar-refractivity contribution in [3.63, 3.8) is 0 Å². The van der Waals surface area contributed by atoms with Gasteiger partial charge >= 0.3 is 0 Å². The highest BCUT2D eigenvalue weighted by Crippen LogP contribution is 2.27. The van der Waals surface area contributed by atoms with Gasteiger partial charge in [0.25, 0.3) is 0 Å². The van der Waals surface area contributed by atoms with Gasteiger partial charge in [-0.15, -0.1) is 24.0 Å². The van der Waals surface area contributed by atoms with E-state index in [4.69, 9.17) is 0 Å². The first-order valence-corrected chi connectivity index (χ1v) is 8.59. The first-order valence-electron chi connectivity index (χ1n) is 8.59. The maximum Gasteiger partial charge on any atom is 0.220 e. The van der Waals surface area contributed by atoms with Gasteiger partial charge in [-0.25, -0.2) is 0 Å². The molecule has 0 bridgehead atoms. The predicted octanol–water partition coefficient (Wildman–Crippen LogP) is 2.36. The zero-order valence-electron chi connectivity index (χ0n) is 13.8. The van der Waals surface area contributed by atoms with Gasteiger partial charge in [0, 0.05) is 32.6 Å². The largest absolute Gasteiger partial charge is 0.357 e. The Morgan fingerprint density at radius 3 is 2.45 bits per heavy atom. The van der Waals surface area contributed by atoms with Gasteiger partial charge in [-0.2, -0.15) is 0 Å². The number of halogens is 1. The SMILES string of the molecule is CCNC(=NCCNC(=O)CC1CCCC1)N1CCCC1.I. The maximum absolute atomic E-state index is 11.8.